The standard InChI is InChI=1S/C21H22N6O3/c1-15-23-20(30-24-15)21-13-25(18(28)12-27-9-5-8-22-27)10-17(21)11-26(14-21)19(29)16-6-3-2-4-7-16/h2-9,17H,10-14H2,1H3. The van der Waals surface area contributed by atoms with Gasteiger partial charge in [-0.2, -0.15) is 10.1 Å². The van der Waals surface area contributed by atoms with E-state index in [1.165, 1.54) is 0 Å². The summed E-state index contributed by atoms with van der Waals surface area (Å²) in [4.78, 5) is 34.1. The molecule has 0 aliphatic carbocycles. The van der Waals surface area contributed by atoms with Gasteiger partial charge >= 0.3 is 0 Å². The number of hydrogen-bond donors (Lipinski definition) is 0. The quantitative estimate of drug-likeness (QED) is 0.644. The Bertz CT molecular complexity index is 1060. The Morgan fingerprint density at radius 1 is 1.13 bits per heavy atom. The molecule has 0 spiro atoms. The van der Waals surface area contributed by atoms with Gasteiger partial charge in [-0.25, -0.2) is 0 Å². The summed E-state index contributed by atoms with van der Waals surface area (Å²) in [6.45, 7) is 3.93. The normalized spacial score (nSPS) is 23.0. The minimum absolute atomic E-state index is 0.00959. The summed E-state index contributed by atoms with van der Waals surface area (Å²) in [6, 6.07) is 11.0. The average Bonchev–Trinajstić information content (AvgIpc) is 3.51. The third-order valence-corrected chi connectivity index (χ3v) is 6.08. The first-order valence-electron chi connectivity index (χ1n) is 9.95. The Kier molecular flexibility index (Phi) is 4.38. The molecule has 30 heavy (non-hydrogen) atoms. The molecule has 2 amide bonds. The van der Waals surface area contributed by atoms with E-state index in [2.05, 4.69) is 15.2 Å². The molecular formula is C21H22N6O3. The van der Waals surface area contributed by atoms with Crippen molar-refractivity contribution in [3.8, 4) is 0 Å². The van der Waals surface area contributed by atoms with E-state index in [-0.39, 0.29) is 24.3 Å². The van der Waals surface area contributed by atoms with Crippen molar-refractivity contribution in [1.29, 1.82) is 0 Å². The van der Waals surface area contributed by atoms with Gasteiger partial charge in [-0.3, -0.25) is 14.3 Å². The van der Waals surface area contributed by atoms with Gasteiger partial charge in [-0.15, -0.1) is 0 Å². The van der Waals surface area contributed by atoms with Crippen LogP contribution in [0, 0.1) is 12.8 Å². The van der Waals surface area contributed by atoms with Crippen LogP contribution in [-0.4, -0.2) is 67.7 Å². The van der Waals surface area contributed by atoms with Crippen LogP contribution >= 0.6 is 0 Å². The van der Waals surface area contributed by atoms with Crippen LogP contribution in [0.3, 0.4) is 0 Å². The second-order valence-corrected chi connectivity index (χ2v) is 8.03. The first-order valence-corrected chi connectivity index (χ1v) is 9.95. The fourth-order valence-corrected chi connectivity index (χ4v) is 4.61. The molecule has 2 atom stereocenters. The largest absolute Gasteiger partial charge is 0.340 e. The Balaban J connectivity index is 1.41. The number of fused-ring (bicyclic) bond motifs is 1. The maximum absolute atomic E-state index is 13.1. The highest BCUT2D eigenvalue weighted by Crippen LogP contribution is 2.44. The summed E-state index contributed by atoms with van der Waals surface area (Å²) in [6.07, 6.45) is 3.42. The van der Waals surface area contributed by atoms with Crippen molar-refractivity contribution in [2.75, 3.05) is 26.2 Å². The van der Waals surface area contributed by atoms with E-state index in [4.69, 9.17) is 4.52 Å². The fourth-order valence-electron chi connectivity index (χ4n) is 4.61. The minimum atomic E-state index is -0.550. The van der Waals surface area contributed by atoms with Crippen LogP contribution in [0.1, 0.15) is 22.1 Å². The van der Waals surface area contributed by atoms with Gasteiger partial charge < -0.3 is 14.3 Å². The number of aryl methyl sites for hydroxylation is 1. The van der Waals surface area contributed by atoms with E-state index in [9.17, 15) is 9.59 Å². The summed E-state index contributed by atoms with van der Waals surface area (Å²) < 4.78 is 7.18. The highest BCUT2D eigenvalue weighted by Gasteiger charge is 2.58. The molecule has 2 fully saturated rings. The molecule has 0 radical (unpaired) electrons. The number of aromatic nitrogens is 4. The minimum Gasteiger partial charge on any atom is -0.340 e. The summed E-state index contributed by atoms with van der Waals surface area (Å²) in [5, 5.41) is 8.09. The van der Waals surface area contributed by atoms with Gasteiger partial charge in [0.1, 0.15) is 6.54 Å². The number of nitrogens with zero attached hydrogens (tertiary/aromatic N) is 6. The molecule has 4 heterocycles. The predicted octanol–water partition coefficient (Wildman–Crippen LogP) is 1.13. The second-order valence-electron chi connectivity index (χ2n) is 8.03. The first-order chi connectivity index (χ1) is 14.5. The molecule has 154 valence electrons. The van der Waals surface area contributed by atoms with Gasteiger partial charge in [0.2, 0.25) is 11.8 Å². The van der Waals surface area contributed by atoms with Crippen molar-refractivity contribution >= 4 is 11.8 Å². The monoisotopic (exact) mass is 406 g/mol. The average molecular weight is 406 g/mol. The number of rotatable bonds is 4. The van der Waals surface area contributed by atoms with Crippen LogP contribution in [0.4, 0.5) is 0 Å². The third-order valence-electron chi connectivity index (χ3n) is 6.08. The maximum Gasteiger partial charge on any atom is 0.253 e. The van der Waals surface area contributed by atoms with Gasteiger partial charge in [0.15, 0.2) is 5.82 Å². The number of likely N-dealkylation sites (tertiary alicyclic amines) is 2. The smallest absolute Gasteiger partial charge is 0.253 e. The number of carbonyl (C=O) groups is 2. The maximum atomic E-state index is 13.1. The zero-order chi connectivity index (χ0) is 20.7. The van der Waals surface area contributed by atoms with E-state index < -0.39 is 5.41 Å². The molecule has 0 saturated carbocycles. The SMILES string of the molecule is Cc1noc(C23CN(C(=O)Cn4cccn4)CC2CN(C(=O)c2ccccc2)C3)n1. The van der Waals surface area contributed by atoms with Crippen molar-refractivity contribution in [3.63, 3.8) is 0 Å². The van der Waals surface area contributed by atoms with E-state index in [1.54, 1.807) is 30.1 Å². The van der Waals surface area contributed by atoms with E-state index >= 15 is 0 Å². The molecule has 2 aliphatic rings. The predicted molar refractivity (Wildman–Crippen MR) is 105 cm³/mol. The molecule has 3 aromatic rings. The van der Waals surface area contributed by atoms with Crippen LogP contribution in [0.2, 0.25) is 0 Å². The molecule has 1 aromatic carbocycles. The van der Waals surface area contributed by atoms with Crippen molar-refractivity contribution in [3.05, 3.63) is 66.1 Å². The fraction of sp³-hybridized carbons (Fsp3) is 0.381. The zero-order valence-corrected chi connectivity index (χ0v) is 16.6. The molecule has 0 N–H and O–H groups in total. The lowest BCUT2D eigenvalue weighted by Gasteiger charge is -2.26. The molecule has 2 aliphatic heterocycles. The molecule has 9 heteroatoms. The van der Waals surface area contributed by atoms with Crippen molar-refractivity contribution in [2.24, 2.45) is 5.92 Å². The Hall–Kier alpha value is -3.49. The summed E-state index contributed by atoms with van der Waals surface area (Å²) in [5.41, 5.74) is 0.104. The third kappa shape index (κ3) is 3.06. The van der Waals surface area contributed by atoms with Gasteiger partial charge in [0.25, 0.3) is 5.91 Å². The van der Waals surface area contributed by atoms with E-state index in [1.807, 2.05) is 40.1 Å². The van der Waals surface area contributed by atoms with Crippen molar-refractivity contribution in [2.45, 2.75) is 18.9 Å². The zero-order valence-electron chi connectivity index (χ0n) is 16.6. The van der Waals surface area contributed by atoms with Crippen LogP contribution in [0.5, 0.6) is 0 Å². The topological polar surface area (TPSA) is 97.4 Å². The number of benzene rings is 1. The van der Waals surface area contributed by atoms with E-state index in [0.29, 0.717) is 43.5 Å². The van der Waals surface area contributed by atoms with Crippen molar-refractivity contribution < 1.29 is 14.1 Å². The number of carbonyl (C=O) groups excluding carboxylic acids is 2. The summed E-state index contributed by atoms with van der Waals surface area (Å²) in [7, 11) is 0. The first kappa shape index (κ1) is 18.5. The van der Waals surface area contributed by atoms with Gasteiger partial charge in [0, 0.05) is 50.1 Å². The highest BCUT2D eigenvalue weighted by molar-refractivity contribution is 5.94. The van der Waals surface area contributed by atoms with Gasteiger partial charge in [-0.05, 0) is 25.1 Å². The summed E-state index contributed by atoms with van der Waals surface area (Å²) >= 11 is 0. The van der Waals surface area contributed by atoms with Crippen LogP contribution in [0.25, 0.3) is 0 Å². The van der Waals surface area contributed by atoms with Crippen molar-refractivity contribution in [1.82, 2.24) is 29.7 Å². The van der Waals surface area contributed by atoms with E-state index in [0.717, 1.165) is 0 Å². The van der Waals surface area contributed by atoms with Gasteiger partial charge in [0.05, 0.1) is 5.41 Å². The Labute approximate surface area is 173 Å². The Morgan fingerprint density at radius 2 is 1.90 bits per heavy atom. The van der Waals surface area contributed by atoms with Crippen LogP contribution in [-0.2, 0) is 16.8 Å². The molecule has 9 nitrogen and oxygen atoms in total. The van der Waals surface area contributed by atoms with Crippen LogP contribution < -0.4 is 0 Å². The molecule has 2 unspecified atom stereocenters. The number of hydrogen-bond acceptors (Lipinski definition) is 6. The molecule has 5 rings (SSSR count). The lowest BCUT2D eigenvalue weighted by molar-refractivity contribution is -0.131. The summed E-state index contributed by atoms with van der Waals surface area (Å²) in [5.74, 6) is 1.06. The highest BCUT2D eigenvalue weighted by atomic mass is 16.5. The van der Waals surface area contributed by atoms with Crippen LogP contribution in [0.15, 0.2) is 53.3 Å². The lowest BCUT2D eigenvalue weighted by Crippen LogP contribution is -2.42. The molecule has 0 bridgehead atoms. The Morgan fingerprint density at radius 3 is 2.60 bits per heavy atom. The lowest BCUT2D eigenvalue weighted by atomic mass is 9.81. The number of amides is 2. The van der Waals surface area contributed by atoms with Gasteiger partial charge in [-0.1, -0.05) is 23.4 Å². The molecule has 2 saturated heterocycles. The molecule has 2 aromatic heterocycles. The molecular weight excluding hydrogens is 384 g/mol. The second kappa shape index (κ2) is 7.08.